The zero-order valence-electron chi connectivity index (χ0n) is 11.5. The van der Waals surface area contributed by atoms with Crippen molar-refractivity contribution in [2.75, 3.05) is 19.0 Å². The standard InChI is InChI=1S/C16H21N3/c1-19(2)15-10-6-9-14(12-15)16(18-17)11-13-7-4-3-5-8-13/h3-10,12,16,18H,11,17H2,1-2H3. The Kier molecular flexibility index (Phi) is 4.55. The third-order valence-electron chi connectivity index (χ3n) is 3.27. The molecule has 0 radical (unpaired) electrons. The number of nitrogens with one attached hydrogen (secondary N) is 1. The van der Waals surface area contributed by atoms with Crippen molar-refractivity contribution in [3.63, 3.8) is 0 Å². The molecule has 3 heteroatoms. The summed E-state index contributed by atoms with van der Waals surface area (Å²) in [5.74, 6) is 5.72. The SMILES string of the molecule is CN(C)c1cccc(C(Cc2ccccc2)NN)c1. The predicted octanol–water partition coefficient (Wildman–Crippen LogP) is 2.50. The average Bonchev–Trinajstić information content (AvgIpc) is 2.46. The Balaban J connectivity index is 2.20. The van der Waals surface area contributed by atoms with E-state index in [0.717, 1.165) is 6.42 Å². The highest BCUT2D eigenvalue weighted by Crippen LogP contribution is 2.22. The largest absolute Gasteiger partial charge is 0.378 e. The Hall–Kier alpha value is -1.84. The van der Waals surface area contributed by atoms with Crippen LogP contribution in [0.25, 0.3) is 0 Å². The Morgan fingerprint density at radius 3 is 2.42 bits per heavy atom. The molecule has 100 valence electrons. The van der Waals surface area contributed by atoms with Gasteiger partial charge in [-0.2, -0.15) is 0 Å². The molecule has 2 rings (SSSR count). The highest BCUT2D eigenvalue weighted by Gasteiger charge is 2.11. The van der Waals surface area contributed by atoms with E-state index in [0.29, 0.717) is 0 Å². The topological polar surface area (TPSA) is 41.3 Å². The molecule has 0 aliphatic carbocycles. The molecule has 19 heavy (non-hydrogen) atoms. The van der Waals surface area contributed by atoms with Gasteiger partial charge in [-0.05, 0) is 29.7 Å². The zero-order valence-corrected chi connectivity index (χ0v) is 11.5. The first-order valence-corrected chi connectivity index (χ1v) is 6.48. The summed E-state index contributed by atoms with van der Waals surface area (Å²) in [4.78, 5) is 2.10. The second-order valence-electron chi connectivity index (χ2n) is 4.90. The predicted molar refractivity (Wildman–Crippen MR) is 81.0 cm³/mol. The maximum atomic E-state index is 5.72. The summed E-state index contributed by atoms with van der Waals surface area (Å²) in [6.45, 7) is 0. The lowest BCUT2D eigenvalue weighted by Crippen LogP contribution is -2.29. The van der Waals surface area contributed by atoms with E-state index in [4.69, 9.17) is 5.84 Å². The molecule has 0 saturated heterocycles. The van der Waals surface area contributed by atoms with Crippen LogP contribution in [0.1, 0.15) is 17.2 Å². The van der Waals surface area contributed by atoms with Gasteiger partial charge in [0, 0.05) is 19.8 Å². The average molecular weight is 255 g/mol. The van der Waals surface area contributed by atoms with Crippen molar-refractivity contribution in [2.24, 2.45) is 5.84 Å². The van der Waals surface area contributed by atoms with E-state index in [2.05, 4.69) is 58.9 Å². The van der Waals surface area contributed by atoms with E-state index in [1.165, 1.54) is 16.8 Å². The number of benzene rings is 2. The van der Waals surface area contributed by atoms with Crippen LogP contribution in [-0.4, -0.2) is 14.1 Å². The van der Waals surface area contributed by atoms with Gasteiger partial charge >= 0.3 is 0 Å². The number of hydrogen-bond acceptors (Lipinski definition) is 3. The lowest BCUT2D eigenvalue weighted by Gasteiger charge is -2.19. The van der Waals surface area contributed by atoms with Crippen molar-refractivity contribution in [3.8, 4) is 0 Å². The molecule has 0 aliphatic rings. The lowest BCUT2D eigenvalue weighted by atomic mass is 9.99. The van der Waals surface area contributed by atoms with Crippen LogP contribution in [0.4, 0.5) is 5.69 Å². The molecular formula is C16H21N3. The molecule has 0 saturated carbocycles. The molecule has 0 aromatic heterocycles. The summed E-state index contributed by atoms with van der Waals surface area (Å²) in [5.41, 5.74) is 6.58. The van der Waals surface area contributed by atoms with Crippen LogP contribution < -0.4 is 16.2 Å². The Morgan fingerprint density at radius 1 is 1.05 bits per heavy atom. The van der Waals surface area contributed by atoms with Crippen molar-refractivity contribution in [1.82, 2.24) is 5.43 Å². The molecule has 0 spiro atoms. The summed E-state index contributed by atoms with van der Waals surface area (Å²) in [7, 11) is 4.09. The van der Waals surface area contributed by atoms with Gasteiger partial charge in [-0.3, -0.25) is 11.3 Å². The number of nitrogens with two attached hydrogens (primary N) is 1. The highest BCUT2D eigenvalue weighted by molar-refractivity contribution is 5.48. The number of hydrazine groups is 1. The number of anilines is 1. The first-order valence-electron chi connectivity index (χ1n) is 6.48. The number of nitrogens with zero attached hydrogens (tertiary/aromatic N) is 1. The van der Waals surface area contributed by atoms with E-state index in [1.807, 2.05) is 20.2 Å². The molecule has 0 heterocycles. The second kappa shape index (κ2) is 6.36. The van der Waals surface area contributed by atoms with Crippen molar-refractivity contribution in [2.45, 2.75) is 12.5 Å². The molecule has 0 aliphatic heterocycles. The second-order valence-corrected chi connectivity index (χ2v) is 4.90. The van der Waals surface area contributed by atoms with Gasteiger partial charge in [0.2, 0.25) is 0 Å². The minimum Gasteiger partial charge on any atom is -0.378 e. The third-order valence-corrected chi connectivity index (χ3v) is 3.27. The molecule has 3 N–H and O–H groups in total. The van der Waals surface area contributed by atoms with Gasteiger partial charge < -0.3 is 4.90 Å². The third kappa shape index (κ3) is 3.56. The Morgan fingerprint density at radius 2 is 1.79 bits per heavy atom. The van der Waals surface area contributed by atoms with Crippen molar-refractivity contribution >= 4 is 5.69 Å². The van der Waals surface area contributed by atoms with E-state index in [9.17, 15) is 0 Å². The monoisotopic (exact) mass is 255 g/mol. The summed E-state index contributed by atoms with van der Waals surface area (Å²) < 4.78 is 0. The van der Waals surface area contributed by atoms with Gasteiger partial charge in [0.1, 0.15) is 0 Å². The van der Waals surface area contributed by atoms with Crippen molar-refractivity contribution in [3.05, 3.63) is 65.7 Å². The van der Waals surface area contributed by atoms with Crippen molar-refractivity contribution < 1.29 is 0 Å². The maximum absolute atomic E-state index is 5.72. The lowest BCUT2D eigenvalue weighted by molar-refractivity contribution is 0.552. The van der Waals surface area contributed by atoms with E-state index in [1.54, 1.807) is 0 Å². The van der Waals surface area contributed by atoms with Gasteiger partial charge in [-0.15, -0.1) is 0 Å². The van der Waals surface area contributed by atoms with Crippen LogP contribution in [0.2, 0.25) is 0 Å². The van der Waals surface area contributed by atoms with Crippen LogP contribution in [0, 0.1) is 0 Å². The van der Waals surface area contributed by atoms with Crippen LogP contribution in [0.3, 0.4) is 0 Å². The van der Waals surface area contributed by atoms with Crippen LogP contribution in [0.15, 0.2) is 54.6 Å². The normalized spacial score (nSPS) is 12.2. The first kappa shape index (κ1) is 13.6. The molecule has 1 unspecified atom stereocenters. The number of rotatable bonds is 5. The minimum atomic E-state index is 0.127. The summed E-state index contributed by atoms with van der Waals surface area (Å²) >= 11 is 0. The van der Waals surface area contributed by atoms with Gasteiger partial charge in [-0.25, -0.2) is 0 Å². The fourth-order valence-corrected chi connectivity index (χ4v) is 2.14. The molecular weight excluding hydrogens is 234 g/mol. The van der Waals surface area contributed by atoms with Crippen molar-refractivity contribution in [1.29, 1.82) is 0 Å². The molecule has 1 atom stereocenters. The molecule has 2 aromatic carbocycles. The summed E-state index contributed by atoms with van der Waals surface area (Å²) in [6, 6.07) is 19.0. The Bertz CT molecular complexity index is 508. The van der Waals surface area contributed by atoms with E-state index in [-0.39, 0.29) is 6.04 Å². The number of hydrogen-bond donors (Lipinski definition) is 2. The van der Waals surface area contributed by atoms with Gasteiger partial charge in [0.15, 0.2) is 0 Å². The summed E-state index contributed by atoms with van der Waals surface area (Å²) in [6.07, 6.45) is 0.883. The van der Waals surface area contributed by atoms with Gasteiger partial charge in [-0.1, -0.05) is 42.5 Å². The molecule has 0 amide bonds. The smallest absolute Gasteiger partial charge is 0.0501 e. The fourth-order valence-electron chi connectivity index (χ4n) is 2.14. The Labute approximate surface area is 115 Å². The molecule has 0 fully saturated rings. The van der Waals surface area contributed by atoms with Gasteiger partial charge in [0.05, 0.1) is 6.04 Å². The first-order chi connectivity index (χ1) is 9.20. The zero-order chi connectivity index (χ0) is 13.7. The quantitative estimate of drug-likeness (QED) is 0.637. The van der Waals surface area contributed by atoms with E-state index < -0.39 is 0 Å². The highest BCUT2D eigenvalue weighted by atomic mass is 15.2. The summed E-state index contributed by atoms with van der Waals surface area (Å²) in [5, 5.41) is 0. The minimum absolute atomic E-state index is 0.127. The van der Waals surface area contributed by atoms with Gasteiger partial charge in [0.25, 0.3) is 0 Å². The van der Waals surface area contributed by atoms with E-state index >= 15 is 0 Å². The maximum Gasteiger partial charge on any atom is 0.0501 e. The van der Waals surface area contributed by atoms with Crippen LogP contribution in [0.5, 0.6) is 0 Å². The molecule has 2 aromatic rings. The fraction of sp³-hybridized carbons (Fsp3) is 0.250. The molecule has 3 nitrogen and oxygen atoms in total. The van der Waals surface area contributed by atoms with Crippen LogP contribution >= 0.6 is 0 Å². The molecule has 0 bridgehead atoms. The van der Waals surface area contributed by atoms with Crippen LogP contribution in [-0.2, 0) is 6.42 Å².